The van der Waals surface area contributed by atoms with Crippen molar-refractivity contribution < 1.29 is 17.9 Å². The average Bonchev–Trinajstić information content (AvgIpc) is 2.78. The lowest BCUT2D eigenvalue weighted by atomic mass is 10.2. The summed E-state index contributed by atoms with van der Waals surface area (Å²) in [5, 5.41) is 3.91. The van der Waals surface area contributed by atoms with E-state index in [0.29, 0.717) is 10.2 Å². The van der Waals surface area contributed by atoms with Gasteiger partial charge in [-0.2, -0.15) is 5.10 Å². The Balaban J connectivity index is 1.90. The third-order valence-corrected chi connectivity index (χ3v) is 6.52. The fourth-order valence-corrected chi connectivity index (χ4v) is 4.88. The van der Waals surface area contributed by atoms with Crippen molar-refractivity contribution in [2.75, 3.05) is 18.0 Å². The lowest BCUT2D eigenvalue weighted by Gasteiger charge is -2.24. The van der Waals surface area contributed by atoms with Crippen LogP contribution in [0.2, 0.25) is 0 Å². The number of sulfonamides is 1. The summed E-state index contributed by atoms with van der Waals surface area (Å²) < 4.78 is 33.8. The zero-order chi connectivity index (χ0) is 22.3. The van der Waals surface area contributed by atoms with E-state index < -0.39 is 22.5 Å². The first kappa shape index (κ1) is 22.5. The number of carbonyl (C=O) groups excluding carboxylic acids is 1. The number of rotatable bonds is 8. The molecule has 3 rings (SSSR count). The monoisotopic (exact) mass is 501 g/mol. The van der Waals surface area contributed by atoms with Crippen molar-refractivity contribution in [1.82, 2.24) is 5.43 Å². The minimum Gasteiger partial charge on any atom is -0.495 e. The second-order valence-corrected chi connectivity index (χ2v) is 9.09. The Morgan fingerprint density at radius 2 is 1.71 bits per heavy atom. The molecule has 0 spiro atoms. The largest absolute Gasteiger partial charge is 0.495 e. The number of carbonyl (C=O) groups is 1. The fraction of sp³-hybridized carbons (Fsp3) is 0.0909. The van der Waals surface area contributed by atoms with E-state index in [2.05, 4.69) is 26.5 Å². The highest BCUT2D eigenvalue weighted by Crippen LogP contribution is 2.32. The van der Waals surface area contributed by atoms with Crippen molar-refractivity contribution in [3.63, 3.8) is 0 Å². The molecular formula is C22H20BrN3O4S. The van der Waals surface area contributed by atoms with E-state index in [0.717, 1.165) is 9.87 Å². The standard InChI is InChI=1S/C22H20BrN3O4S/c1-30-20-13-12-18(23)14-21(20)31(28,29)26(19-10-6-3-7-11-19)16-22(27)25-24-15-17-8-4-2-5-9-17/h2-15H,16H2,1H3,(H,25,27)/b24-15-. The summed E-state index contributed by atoms with van der Waals surface area (Å²) in [5.41, 5.74) is 3.52. The highest BCUT2D eigenvalue weighted by Gasteiger charge is 2.30. The number of anilines is 1. The number of methoxy groups -OCH3 is 1. The van der Waals surface area contributed by atoms with Gasteiger partial charge in [-0.25, -0.2) is 13.8 Å². The van der Waals surface area contributed by atoms with Gasteiger partial charge in [0.1, 0.15) is 17.2 Å². The van der Waals surface area contributed by atoms with Crippen LogP contribution in [-0.2, 0) is 14.8 Å². The molecule has 0 aliphatic carbocycles. The highest BCUT2D eigenvalue weighted by atomic mass is 79.9. The third kappa shape index (κ3) is 5.71. The molecule has 31 heavy (non-hydrogen) atoms. The number of hydrogen-bond acceptors (Lipinski definition) is 5. The number of hydrogen-bond donors (Lipinski definition) is 1. The van der Waals surface area contributed by atoms with Crippen LogP contribution in [0, 0.1) is 0 Å². The number of para-hydroxylation sites is 1. The molecule has 1 amide bonds. The first-order chi connectivity index (χ1) is 14.9. The maximum Gasteiger partial charge on any atom is 0.268 e. The minimum absolute atomic E-state index is 0.0613. The second-order valence-electron chi connectivity index (χ2n) is 6.35. The number of nitrogens with one attached hydrogen (secondary N) is 1. The van der Waals surface area contributed by atoms with Gasteiger partial charge in [0.15, 0.2) is 0 Å². The van der Waals surface area contributed by atoms with Crippen molar-refractivity contribution in [2.24, 2.45) is 5.10 Å². The van der Waals surface area contributed by atoms with E-state index in [1.807, 2.05) is 30.3 Å². The summed E-state index contributed by atoms with van der Waals surface area (Å²) in [6.45, 7) is -0.464. The van der Waals surface area contributed by atoms with E-state index in [9.17, 15) is 13.2 Å². The van der Waals surface area contributed by atoms with Crippen LogP contribution in [0.3, 0.4) is 0 Å². The Kier molecular flexibility index (Phi) is 7.43. The zero-order valence-corrected chi connectivity index (χ0v) is 19.0. The van der Waals surface area contributed by atoms with Gasteiger partial charge in [0.05, 0.1) is 19.0 Å². The first-order valence-electron chi connectivity index (χ1n) is 9.20. The Hall–Kier alpha value is -3.17. The molecule has 3 aromatic carbocycles. The van der Waals surface area contributed by atoms with E-state index in [1.165, 1.54) is 19.4 Å². The molecule has 9 heteroatoms. The molecule has 3 aromatic rings. The molecule has 0 fully saturated rings. The zero-order valence-electron chi connectivity index (χ0n) is 16.6. The first-order valence-corrected chi connectivity index (χ1v) is 11.4. The minimum atomic E-state index is -4.13. The Morgan fingerprint density at radius 3 is 2.35 bits per heavy atom. The maximum atomic E-state index is 13.5. The molecule has 0 aliphatic rings. The molecule has 0 atom stereocenters. The van der Waals surface area contributed by atoms with Gasteiger partial charge in [0.25, 0.3) is 15.9 Å². The van der Waals surface area contributed by atoms with Crippen molar-refractivity contribution in [3.05, 3.63) is 88.9 Å². The molecule has 0 saturated carbocycles. The fourth-order valence-electron chi connectivity index (χ4n) is 2.76. The van der Waals surface area contributed by atoms with Crippen molar-refractivity contribution in [2.45, 2.75) is 4.90 Å². The lowest BCUT2D eigenvalue weighted by molar-refractivity contribution is -0.119. The van der Waals surface area contributed by atoms with E-state index in [-0.39, 0.29) is 10.6 Å². The molecule has 0 aromatic heterocycles. The van der Waals surface area contributed by atoms with Gasteiger partial charge in [-0.1, -0.05) is 64.5 Å². The topological polar surface area (TPSA) is 88.1 Å². The Morgan fingerprint density at radius 1 is 1.06 bits per heavy atom. The van der Waals surface area contributed by atoms with Crippen LogP contribution in [0.1, 0.15) is 5.56 Å². The van der Waals surface area contributed by atoms with Gasteiger partial charge >= 0.3 is 0 Å². The van der Waals surface area contributed by atoms with Crippen LogP contribution in [0.25, 0.3) is 0 Å². The molecule has 7 nitrogen and oxygen atoms in total. The number of ether oxygens (including phenoxy) is 1. The van der Waals surface area contributed by atoms with Gasteiger partial charge < -0.3 is 4.74 Å². The quantitative estimate of drug-likeness (QED) is 0.375. The lowest BCUT2D eigenvalue weighted by Crippen LogP contribution is -2.39. The molecule has 0 unspecified atom stereocenters. The van der Waals surface area contributed by atoms with Gasteiger partial charge in [-0.05, 0) is 35.9 Å². The number of amides is 1. The van der Waals surface area contributed by atoms with E-state index >= 15 is 0 Å². The van der Waals surface area contributed by atoms with Crippen LogP contribution in [0.4, 0.5) is 5.69 Å². The molecule has 160 valence electrons. The highest BCUT2D eigenvalue weighted by molar-refractivity contribution is 9.10. The average molecular weight is 502 g/mol. The normalized spacial score (nSPS) is 11.3. The molecular weight excluding hydrogens is 482 g/mol. The summed E-state index contributed by atoms with van der Waals surface area (Å²) in [5.74, 6) is -0.416. The van der Waals surface area contributed by atoms with Crippen molar-refractivity contribution in [3.8, 4) is 5.75 Å². The number of halogens is 1. The molecule has 0 heterocycles. The summed E-state index contributed by atoms with van der Waals surface area (Å²) in [6, 6.07) is 22.3. The van der Waals surface area contributed by atoms with Gasteiger partial charge in [-0.3, -0.25) is 9.10 Å². The maximum absolute atomic E-state index is 13.5. The molecule has 0 bridgehead atoms. The SMILES string of the molecule is COc1ccc(Br)cc1S(=O)(=O)N(CC(=O)N/N=C\c1ccccc1)c1ccccc1. The van der Waals surface area contributed by atoms with Gasteiger partial charge in [0, 0.05) is 4.47 Å². The summed E-state index contributed by atoms with van der Waals surface area (Å²) in [4.78, 5) is 12.5. The second kappa shape index (κ2) is 10.2. The molecule has 1 N–H and O–H groups in total. The Labute approximate surface area is 189 Å². The Bertz CT molecular complexity index is 1170. The van der Waals surface area contributed by atoms with Crippen LogP contribution in [-0.4, -0.2) is 34.2 Å². The smallest absolute Gasteiger partial charge is 0.268 e. The van der Waals surface area contributed by atoms with Gasteiger partial charge in [0.2, 0.25) is 0 Å². The van der Waals surface area contributed by atoms with Crippen LogP contribution in [0.5, 0.6) is 5.75 Å². The number of nitrogens with zero attached hydrogens (tertiary/aromatic N) is 2. The van der Waals surface area contributed by atoms with Crippen LogP contribution in [0.15, 0.2) is 93.3 Å². The van der Waals surface area contributed by atoms with Crippen molar-refractivity contribution >= 4 is 43.8 Å². The number of benzene rings is 3. The summed E-state index contributed by atoms with van der Waals surface area (Å²) >= 11 is 3.29. The molecule has 0 radical (unpaired) electrons. The van der Waals surface area contributed by atoms with Crippen molar-refractivity contribution in [1.29, 1.82) is 0 Å². The molecule has 0 aliphatic heterocycles. The third-order valence-electron chi connectivity index (χ3n) is 4.23. The van der Waals surface area contributed by atoms with Crippen LogP contribution < -0.4 is 14.5 Å². The predicted molar refractivity (Wildman–Crippen MR) is 124 cm³/mol. The summed E-state index contributed by atoms with van der Waals surface area (Å²) in [7, 11) is -2.74. The van der Waals surface area contributed by atoms with E-state index in [1.54, 1.807) is 42.5 Å². The number of hydrazone groups is 1. The van der Waals surface area contributed by atoms with Gasteiger partial charge in [-0.15, -0.1) is 0 Å². The summed E-state index contributed by atoms with van der Waals surface area (Å²) in [6.07, 6.45) is 1.48. The van der Waals surface area contributed by atoms with Crippen LogP contribution >= 0.6 is 15.9 Å². The molecule has 0 saturated heterocycles. The predicted octanol–water partition coefficient (Wildman–Crippen LogP) is 3.80. The van der Waals surface area contributed by atoms with E-state index in [4.69, 9.17) is 4.74 Å².